The highest BCUT2D eigenvalue weighted by molar-refractivity contribution is 7.89. The molecule has 0 aliphatic carbocycles. The Hall–Kier alpha value is -2.55. The van der Waals surface area contributed by atoms with Gasteiger partial charge in [-0.15, -0.1) is 11.3 Å². The van der Waals surface area contributed by atoms with E-state index in [1.165, 1.54) is 6.07 Å². The van der Waals surface area contributed by atoms with Crippen molar-refractivity contribution in [2.75, 3.05) is 6.54 Å². The first-order valence-electron chi connectivity index (χ1n) is 8.26. The lowest BCUT2D eigenvalue weighted by atomic mass is 10.1. The third-order valence-electron chi connectivity index (χ3n) is 3.84. The molecule has 3 aromatic rings. The third kappa shape index (κ3) is 5.00. The predicted molar refractivity (Wildman–Crippen MR) is 106 cm³/mol. The van der Waals surface area contributed by atoms with E-state index in [2.05, 4.69) is 15.0 Å². The van der Waals surface area contributed by atoms with Gasteiger partial charge in [-0.25, -0.2) is 13.1 Å². The van der Waals surface area contributed by atoms with Gasteiger partial charge in [0.2, 0.25) is 15.9 Å². The molecule has 1 aromatic carbocycles. The molecule has 0 unspecified atom stereocenters. The molecule has 8 heteroatoms. The monoisotopic (exact) mass is 401 g/mol. The van der Waals surface area contributed by atoms with Crippen LogP contribution in [0.5, 0.6) is 0 Å². The molecule has 27 heavy (non-hydrogen) atoms. The number of nitrogens with one attached hydrogen (secondary N) is 2. The Morgan fingerprint density at radius 3 is 2.74 bits per heavy atom. The SMILES string of the molecule is Cc1cccc(S(=O)(=O)NCC(=O)NCc2cccnc2-c2cccs2)c1. The Balaban J connectivity index is 1.60. The molecule has 6 nitrogen and oxygen atoms in total. The fraction of sp³-hybridized carbons (Fsp3) is 0.158. The zero-order valence-corrected chi connectivity index (χ0v) is 16.3. The predicted octanol–water partition coefficient (Wildman–Crippen LogP) is 2.71. The van der Waals surface area contributed by atoms with Crippen LogP contribution in [0.25, 0.3) is 10.6 Å². The van der Waals surface area contributed by atoms with Crippen LogP contribution in [0.4, 0.5) is 0 Å². The average Bonchev–Trinajstić information content (AvgIpc) is 3.19. The molecule has 0 spiro atoms. The molecular weight excluding hydrogens is 382 g/mol. The number of benzene rings is 1. The van der Waals surface area contributed by atoms with Crippen LogP contribution < -0.4 is 10.0 Å². The summed E-state index contributed by atoms with van der Waals surface area (Å²) in [6.45, 7) is 1.75. The van der Waals surface area contributed by atoms with Gasteiger partial charge in [0.05, 0.1) is 22.0 Å². The van der Waals surface area contributed by atoms with E-state index in [1.807, 2.05) is 36.6 Å². The Morgan fingerprint density at radius 2 is 2.00 bits per heavy atom. The second-order valence-electron chi connectivity index (χ2n) is 5.91. The molecule has 0 atom stereocenters. The third-order valence-corrected chi connectivity index (χ3v) is 6.12. The molecule has 3 rings (SSSR count). The molecule has 0 aliphatic rings. The minimum Gasteiger partial charge on any atom is -0.351 e. The van der Waals surface area contributed by atoms with Gasteiger partial charge in [0.25, 0.3) is 0 Å². The molecule has 2 heterocycles. The molecule has 140 valence electrons. The highest BCUT2D eigenvalue weighted by atomic mass is 32.2. The lowest BCUT2D eigenvalue weighted by molar-refractivity contribution is -0.120. The fourth-order valence-corrected chi connectivity index (χ4v) is 4.34. The number of carbonyl (C=O) groups excluding carboxylic acids is 1. The van der Waals surface area contributed by atoms with Crippen LogP contribution in [0, 0.1) is 6.92 Å². The van der Waals surface area contributed by atoms with Gasteiger partial charge in [0, 0.05) is 12.7 Å². The normalized spacial score (nSPS) is 11.3. The molecule has 0 aliphatic heterocycles. The largest absolute Gasteiger partial charge is 0.351 e. The van der Waals surface area contributed by atoms with Crippen LogP contribution in [0.2, 0.25) is 0 Å². The van der Waals surface area contributed by atoms with Gasteiger partial charge in [-0.2, -0.15) is 0 Å². The first-order chi connectivity index (χ1) is 13.0. The number of hydrogen-bond donors (Lipinski definition) is 2. The second-order valence-corrected chi connectivity index (χ2v) is 8.62. The van der Waals surface area contributed by atoms with Crippen LogP contribution in [0.1, 0.15) is 11.1 Å². The Labute approximate surface area is 162 Å². The molecule has 0 saturated carbocycles. The lowest BCUT2D eigenvalue weighted by Crippen LogP contribution is -2.36. The lowest BCUT2D eigenvalue weighted by Gasteiger charge is -2.10. The Bertz CT molecular complexity index is 1030. The summed E-state index contributed by atoms with van der Waals surface area (Å²) in [5, 5.41) is 4.70. The van der Waals surface area contributed by atoms with Gasteiger partial charge in [-0.1, -0.05) is 24.3 Å². The van der Waals surface area contributed by atoms with E-state index in [4.69, 9.17) is 0 Å². The molecule has 2 N–H and O–H groups in total. The summed E-state index contributed by atoms with van der Waals surface area (Å²) in [6.07, 6.45) is 1.70. The van der Waals surface area contributed by atoms with Crippen LogP contribution in [0.15, 0.2) is 65.0 Å². The van der Waals surface area contributed by atoms with Gasteiger partial charge in [-0.3, -0.25) is 9.78 Å². The summed E-state index contributed by atoms with van der Waals surface area (Å²) >= 11 is 1.57. The van der Waals surface area contributed by atoms with Crippen molar-refractivity contribution in [1.82, 2.24) is 15.0 Å². The highest BCUT2D eigenvalue weighted by Gasteiger charge is 2.16. The van der Waals surface area contributed by atoms with Crippen molar-refractivity contribution in [3.8, 4) is 10.6 Å². The molecule has 1 amide bonds. The number of aromatic nitrogens is 1. The topological polar surface area (TPSA) is 88.2 Å². The molecule has 0 saturated heterocycles. The van der Waals surface area contributed by atoms with Crippen molar-refractivity contribution in [3.05, 3.63) is 71.2 Å². The first kappa shape index (κ1) is 19.2. The Morgan fingerprint density at radius 1 is 1.15 bits per heavy atom. The minimum absolute atomic E-state index is 0.141. The number of hydrogen-bond acceptors (Lipinski definition) is 5. The molecule has 0 bridgehead atoms. The van der Waals surface area contributed by atoms with Gasteiger partial charge in [0.15, 0.2) is 0 Å². The van der Waals surface area contributed by atoms with E-state index in [0.29, 0.717) is 0 Å². The Kier molecular flexibility index (Phi) is 6.00. The van der Waals surface area contributed by atoms with Crippen LogP contribution in [0.3, 0.4) is 0 Å². The van der Waals surface area contributed by atoms with E-state index in [1.54, 1.807) is 35.7 Å². The van der Waals surface area contributed by atoms with Crippen molar-refractivity contribution < 1.29 is 13.2 Å². The van der Waals surface area contributed by atoms with Crippen molar-refractivity contribution in [1.29, 1.82) is 0 Å². The number of pyridine rings is 1. The standard InChI is InChI=1S/C19H19N3O3S2/c1-14-5-2-7-16(11-14)27(24,25)22-13-18(23)21-12-15-6-3-9-20-19(15)17-8-4-10-26-17/h2-11,22H,12-13H2,1H3,(H,21,23). The van der Waals surface area contributed by atoms with Crippen LogP contribution in [-0.2, 0) is 21.4 Å². The number of sulfonamides is 1. The fourth-order valence-electron chi connectivity index (χ4n) is 2.50. The van der Waals surface area contributed by atoms with E-state index in [0.717, 1.165) is 21.7 Å². The summed E-state index contributed by atoms with van der Waals surface area (Å²) in [6, 6.07) is 14.1. The zero-order chi connectivity index (χ0) is 19.3. The number of carbonyl (C=O) groups is 1. The smallest absolute Gasteiger partial charge is 0.241 e. The van der Waals surface area contributed by atoms with Crippen molar-refractivity contribution >= 4 is 27.3 Å². The molecular formula is C19H19N3O3S2. The minimum atomic E-state index is -3.73. The number of rotatable bonds is 7. The van der Waals surface area contributed by atoms with Crippen LogP contribution in [-0.4, -0.2) is 25.9 Å². The number of nitrogens with zero attached hydrogens (tertiary/aromatic N) is 1. The van der Waals surface area contributed by atoms with Crippen LogP contribution >= 0.6 is 11.3 Å². The van der Waals surface area contributed by atoms with E-state index >= 15 is 0 Å². The van der Waals surface area contributed by atoms with Crippen molar-refractivity contribution in [3.63, 3.8) is 0 Å². The van der Waals surface area contributed by atoms with Gasteiger partial charge in [0.1, 0.15) is 0 Å². The molecule has 0 radical (unpaired) electrons. The van der Waals surface area contributed by atoms with Gasteiger partial charge in [-0.05, 0) is 47.7 Å². The average molecular weight is 402 g/mol. The summed E-state index contributed by atoms with van der Waals surface area (Å²) in [5.41, 5.74) is 2.52. The van der Waals surface area contributed by atoms with Crippen molar-refractivity contribution in [2.24, 2.45) is 0 Å². The summed E-state index contributed by atoms with van der Waals surface area (Å²) < 4.78 is 26.9. The van der Waals surface area contributed by atoms with E-state index < -0.39 is 15.9 Å². The quantitative estimate of drug-likeness (QED) is 0.637. The highest BCUT2D eigenvalue weighted by Crippen LogP contribution is 2.25. The van der Waals surface area contributed by atoms with Gasteiger partial charge >= 0.3 is 0 Å². The number of thiophene rings is 1. The summed E-state index contributed by atoms with van der Waals surface area (Å²) in [4.78, 5) is 17.6. The maximum Gasteiger partial charge on any atom is 0.241 e. The van der Waals surface area contributed by atoms with E-state index in [-0.39, 0.29) is 18.0 Å². The second kappa shape index (κ2) is 8.43. The number of aryl methyl sites for hydroxylation is 1. The first-order valence-corrected chi connectivity index (χ1v) is 10.6. The maximum absolute atomic E-state index is 12.3. The number of amides is 1. The summed E-state index contributed by atoms with van der Waals surface area (Å²) in [5.74, 6) is -0.410. The van der Waals surface area contributed by atoms with E-state index in [9.17, 15) is 13.2 Å². The molecule has 2 aromatic heterocycles. The van der Waals surface area contributed by atoms with Gasteiger partial charge < -0.3 is 5.32 Å². The van der Waals surface area contributed by atoms with Crippen molar-refractivity contribution in [2.45, 2.75) is 18.4 Å². The maximum atomic E-state index is 12.3. The summed E-state index contributed by atoms with van der Waals surface area (Å²) in [7, 11) is -3.73. The molecule has 0 fully saturated rings. The zero-order valence-electron chi connectivity index (χ0n) is 14.7.